The number of benzene rings is 2. The number of nitrogens with zero attached hydrogens (tertiary/aromatic N) is 1. The van der Waals surface area contributed by atoms with Gasteiger partial charge in [0.1, 0.15) is 0 Å². The Morgan fingerprint density at radius 2 is 1.69 bits per heavy atom. The molecule has 2 aromatic rings. The largest absolute Gasteiger partial charge is 0.416 e. The molecule has 5 nitrogen and oxygen atoms in total. The van der Waals surface area contributed by atoms with Crippen LogP contribution in [0.1, 0.15) is 28.8 Å². The third kappa shape index (κ3) is 6.05. The smallest absolute Gasteiger partial charge is 0.349 e. The van der Waals surface area contributed by atoms with Crippen molar-refractivity contribution in [1.29, 1.82) is 0 Å². The van der Waals surface area contributed by atoms with Crippen LogP contribution in [0.2, 0.25) is 0 Å². The van der Waals surface area contributed by atoms with Crippen LogP contribution < -0.4 is 10.6 Å². The number of carbonyl (C=O) groups excluding carboxylic acids is 2. The molecule has 2 N–H and O–H groups in total. The monoisotopic (exact) mass is 405 g/mol. The Bertz CT molecular complexity index is 848. The van der Waals surface area contributed by atoms with E-state index in [1.807, 2.05) is 35.2 Å². The molecule has 0 saturated carbocycles. The summed E-state index contributed by atoms with van der Waals surface area (Å²) in [4.78, 5) is 26.4. The standard InChI is InChI=1S/C21H22F3N3O2/c22-21(23,24)16-6-4-5-15(13-16)20(29)26-18-9-11-27(12-10-18)14-19(28)25-17-7-2-1-3-8-17/h1-8,13,18H,9-12,14H2,(H,25,28)(H,26,29). The quantitative estimate of drug-likeness (QED) is 0.800. The lowest BCUT2D eigenvalue weighted by Crippen LogP contribution is -2.46. The molecular formula is C21H22F3N3O2. The van der Waals surface area contributed by atoms with Crippen LogP contribution in [-0.2, 0) is 11.0 Å². The third-order valence-electron chi connectivity index (χ3n) is 4.80. The van der Waals surface area contributed by atoms with E-state index in [2.05, 4.69) is 10.6 Å². The van der Waals surface area contributed by atoms with Crippen molar-refractivity contribution in [2.24, 2.45) is 0 Å². The lowest BCUT2D eigenvalue weighted by molar-refractivity contribution is -0.137. The number of amides is 2. The van der Waals surface area contributed by atoms with E-state index >= 15 is 0 Å². The lowest BCUT2D eigenvalue weighted by atomic mass is 10.0. The number of alkyl halides is 3. The Kier molecular flexibility index (Phi) is 6.53. The van der Waals surface area contributed by atoms with E-state index in [1.165, 1.54) is 12.1 Å². The Balaban J connectivity index is 1.46. The van der Waals surface area contributed by atoms with Crippen LogP contribution >= 0.6 is 0 Å². The predicted octanol–water partition coefficient (Wildman–Crippen LogP) is 3.54. The highest BCUT2D eigenvalue weighted by molar-refractivity contribution is 5.94. The summed E-state index contributed by atoms with van der Waals surface area (Å²) in [6.45, 7) is 1.49. The van der Waals surface area contributed by atoms with Gasteiger partial charge < -0.3 is 10.6 Å². The first kappa shape index (κ1) is 20.9. The molecule has 0 aliphatic carbocycles. The van der Waals surface area contributed by atoms with Crippen molar-refractivity contribution in [2.45, 2.75) is 25.1 Å². The highest BCUT2D eigenvalue weighted by Gasteiger charge is 2.31. The fraction of sp³-hybridized carbons (Fsp3) is 0.333. The second kappa shape index (κ2) is 9.09. The van der Waals surface area contributed by atoms with Gasteiger partial charge in [-0.15, -0.1) is 0 Å². The number of carbonyl (C=O) groups is 2. The molecule has 1 heterocycles. The van der Waals surface area contributed by atoms with Gasteiger partial charge in [-0.25, -0.2) is 0 Å². The maximum atomic E-state index is 12.8. The van der Waals surface area contributed by atoms with E-state index in [1.54, 1.807) is 0 Å². The van der Waals surface area contributed by atoms with E-state index in [0.29, 0.717) is 25.9 Å². The van der Waals surface area contributed by atoms with Crippen molar-refractivity contribution in [1.82, 2.24) is 10.2 Å². The van der Waals surface area contributed by atoms with Crippen LogP contribution in [-0.4, -0.2) is 42.4 Å². The molecule has 29 heavy (non-hydrogen) atoms. The highest BCUT2D eigenvalue weighted by Crippen LogP contribution is 2.29. The Labute approximate surface area is 166 Å². The number of piperidine rings is 1. The maximum Gasteiger partial charge on any atom is 0.416 e. The minimum Gasteiger partial charge on any atom is -0.349 e. The summed E-state index contributed by atoms with van der Waals surface area (Å²) in [6, 6.07) is 13.4. The molecule has 0 bridgehead atoms. The number of likely N-dealkylation sites (tertiary alicyclic amines) is 1. The van der Waals surface area contributed by atoms with E-state index in [0.717, 1.165) is 17.8 Å². The molecule has 0 radical (unpaired) electrons. The van der Waals surface area contributed by atoms with E-state index in [-0.39, 0.29) is 24.1 Å². The van der Waals surface area contributed by atoms with Gasteiger partial charge in [-0.05, 0) is 43.2 Å². The van der Waals surface area contributed by atoms with Gasteiger partial charge in [0.2, 0.25) is 5.91 Å². The first-order valence-electron chi connectivity index (χ1n) is 9.36. The molecule has 2 aromatic carbocycles. The fourth-order valence-electron chi connectivity index (χ4n) is 3.27. The van der Waals surface area contributed by atoms with Crippen molar-refractivity contribution >= 4 is 17.5 Å². The molecule has 1 aliphatic rings. The summed E-state index contributed by atoms with van der Waals surface area (Å²) in [7, 11) is 0. The van der Waals surface area contributed by atoms with Crippen molar-refractivity contribution in [3.05, 3.63) is 65.7 Å². The zero-order valence-electron chi connectivity index (χ0n) is 15.7. The van der Waals surface area contributed by atoms with Gasteiger partial charge in [-0.3, -0.25) is 14.5 Å². The molecule has 0 aromatic heterocycles. The van der Waals surface area contributed by atoms with Gasteiger partial charge in [0, 0.05) is 30.4 Å². The van der Waals surface area contributed by atoms with Gasteiger partial charge in [0.15, 0.2) is 0 Å². The molecule has 154 valence electrons. The number of nitrogens with one attached hydrogen (secondary N) is 2. The Hall–Kier alpha value is -2.87. The number of para-hydroxylation sites is 1. The molecular weight excluding hydrogens is 383 g/mol. The van der Waals surface area contributed by atoms with Crippen molar-refractivity contribution in [3.63, 3.8) is 0 Å². The zero-order valence-corrected chi connectivity index (χ0v) is 15.7. The molecule has 3 rings (SSSR count). The average Bonchev–Trinajstić information content (AvgIpc) is 2.69. The van der Waals surface area contributed by atoms with Crippen LogP contribution in [0.15, 0.2) is 54.6 Å². The second-order valence-corrected chi connectivity index (χ2v) is 7.02. The molecule has 0 atom stereocenters. The fourth-order valence-corrected chi connectivity index (χ4v) is 3.27. The minimum absolute atomic E-state index is 0.00973. The Morgan fingerprint density at radius 1 is 1.00 bits per heavy atom. The molecule has 8 heteroatoms. The van der Waals surface area contributed by atoms with Crippen molar-refractivity contribution in [3.8, 4) is 0 Å². The first-order chi connectivity index (χ1) is 13.8. The predicted molar refractivity (Wildman–Crippen MR) is 103 cm³/mol. The zero-order chi connectivity index (χ0) is 20.9. The van der Waals surface area contributed by atoms with Gasteiger partial charge in [-0.2, -0.15) is 13.2 Å². The first-order valence-corrected chi connectivity index (χ1v) is 9.36. The molecule has 1 aliphatic heterocycles. The van der Waals surface area contributed by atoms with Gasteiger partial charge >= 0.3 is 6.18 Å². The molecule has 0 unspecified atom stereocenters. The Morgan fingerprint density at radius 3 is 2.34 bits per heavy atom. The molecule has 2 amide bonds. The lowest BCUT2D eigenvalue weighted by Gasteiger charge is -2.31. The summed E-state index contributed by atoms with van der Waals surface area (Å²) in [5.41, 5.74) is -0.116. The van der Waals surface area contributed by atoms with Crippen LogP contribution in [0.25, 0.3) is 0 Å². The van der Waals surface area contributed by atoms with Crippen LogP contribution in [0, 0.1) is 0 Å². The van der Waals surface area contributed by atoms with E-state index in [4.69, 9.17) is 0 Å². The topological polar surface area (TPSA) is 61.4 Å². The van der Waals surface area contributed by atoms with Crippen molar-refractivity contribution < 1.29 is 22.8 Å². The minimum atomic E-state index is -4.48. The average molecular weight is 405 g/mol. The van der Waals surface area contributed by atoms with Crippen LogP contribution in [0.3, 0.4) is 0 Å². The van der Waals surface area contributed by atoms with E-state index in [9.17, 15) is 22.8 Å². The second-order valence-electron chi connectivity index (χ2n) is 7.02. The van der Waals surface area contributed by atoms with Crippen molar-refractivity contribution in [2.75, 3.05) is 25.0 Å². The number of halogens is 3. The number of rotatable bonds is 5. The summed E-state index contributed by atoms with van der Waals surface area (Å²) >= 11 is 0. The molecule has 1 saturated heterocycles. The van der Waals surface area contributed by atoms with Crippen LogP contribution in [0.5, 0.6) is 0 Å². The number of anilines is 1. The SMILES string of the molecule is O=C(CN1CCC(NC(=O)c2cccc(C(F)(F)F)c2)CC1)Nc1ccccc1. The van der Waals surface area contributed by atoms with Gasteiger partial charge in [0.25, 0.3) is 5.91 Å². The van der Waals surface area contributed by atoms with Crippen LogP contribution in [0.4, 0.5) is 18.9 Å². The van der Waals surface area contributed by atoms with Gasteiger partial charge in [0.05, 0.1) is 12.1 Å². The molecule has 0 spiro atoms. The normalized spacial score (nSPS) is 15.7. The maximum absolute atomic E-state index is 12.8. The van der Waals surface area contributed by atoms with Gasteiger partial charge in [-0.1, -0.05) is 24.3 Å². The summed E-state index contributed by atoms with van der Waals surface area (Å²) in [5, 5.41) is 5.62. The summed E-state index contributed by atoms with van der Waals surface area (Å²) in [6.07, 6.45) is -3.23. The third-order valence-corrected chi connectivity index (χ3v) is 4.80. The molecule has 1 fully saturated rings. The van der Waals surface area contributed by atoms with E-state index < -0.39 is 17.6 Å². The number of hydrogen-bond donors (Lipinski definition) is 2. The summed E-state index contributed by atoms with van der Waals surface area (Å²) < 4.78 is 38.4. The summed E-state index contributed by atoms with van der Waals surface area (Å²) in [5.74, 6) is -0.626. The highest BCUT2D eigenvalue weighted by atomic mass is 19.4. The number of hydrogen-bond acceptors (Lipinski definition) is 3.